The topological polar surface area (TPSA) is 25.8 Å². The van der Waals surface area contributed by atoms with Crippen molar-refractivity contribution >= 4 is 11.6 Å². The molecule has 2 aromatic rings. The SMILES string of the molecule is Clc1ccc(-c2cccc(C3CCC3)c2)nn1. The van der Waals surface area contributed by atoms with Crippen molar-refractivity contribution in [2.75, 3.05) is 0 Å². The van der Waals surface area contributed by atoms with E-state index in [4.69, 9.17) is 11.6 Å². The van der Waals surface area contributed by atoms with Crippen LogP contribution in [0.3, 0.4) is 0 Å². The molecule has 0 aliphatic heterocycles. The van der Waals surface area contributed by atoms with Crippen molar-refractivity contribution in [3.63, 3.8) is 0 Å². The summed E-state index contributed by atoms with van der Waals surface area (Å²) in [7, 11) is 0. The van der Waals surface area contributed by atoms with Gasteiger partial charge in [0, 0.05) is 5.56 Å². The maximum atomic E-state index is 5.74. The predicted molar refractivity (Wildman–Crippen MR) is 69.1 cm³/mol. The molecule has 1 fully saturated rings. The second-order valence-corrected chi connectivity index (χ2v) is 4.88. The lowest BCUT2D eigenvalue weighted by Crippen LogP contribution is -2.08. The van der Waals surface area contributed by atoms with Crippen LogP contribution in [0.2, 0.25) is 5.15 Å². The standard InChI is InChI=1S/C14H13ClN2/c15-14-8-7-13(16-17-14)12-6-2-5-11(9-12)10-3-1-4-10/h2,5-10H,1,3-4H2. The van der Waals surface area contributed by atoms with Gasteiger partial charge in [0.25, 0.3) is 0 Å². The minimum absolute atomic E-state index is 0.434. The Morgan fingerprint density at radius 3 is 2.59 bits per heavy atom. The van der Waals surface area contributed by atoms with E-state index in [1.807, 2.05) is 6.07 Å². The van der Waals surface area contributed by atoms with Crippen LogP contribution in [0.5, 0.6) is 0 Å². The third-order valence-electron chi connectivity index (χ3n) is 3.39. The van der Waals surface area contributed by atoms with Crippen LogP contribution in [-0.2, 0) is 0 Å². The van der Waals surface area contributed by atoms with Crippen molar-refractivity contribution in [1.82, 2.24) is 10.2 Å². The average molecular weight is 245 g/mol. The van der Waals surface area contributed by atoms with Crippen molar-refractivity contribution in [3.8, 4) is 11.3 Å². The van der Waals surface area contributed by atoms with Gasteiger partial charge in [-0.2, -0.15) is 0 Å². The first-order chi connectivity index (χ1) is 8.33. The molecule has 0 radical (unpaired) electrons. The van der Waals surface area contributed by atoms with Gasteiger partial charge in [0.2, 0.25) is 0 Å². The summed E-state index contributed by atoms with van der Waals surface area (Å²) in [6, 6.07) is 12.3. The van der Waals surface area contributed by atoms with Crippen LogP contribution < -0.4 is 0 Å². The highest BCUT2D eigenvalue weighted by Crippen LogP contribution is 2.37. The Labute approximate surface area is 106 Å². The van der Waals surface area contributed by atoms with Gasteiger partial charge in [-0.1, -0.05) is 36.2 Å². The first-order valence-electron chi connectivity index (χ1n) is 5.92. The van der Waals surface area contributed by atoms with Gasteiger partial charge >= 0.3 is 0 Å². The van der Waals surface area contributed by atoms with Crippen LogP contribution in [0, 0.1) is 0 Å². The number of benzene rings is 1. The van der Waals surface area contributed by atoms with Crippen molar-refractivity contribution in [2.45, 2.75) is 25.2 Å². The van der Waals surface area contributed by atoms with Crippen LogP contribution in [0.4, 0.5) is 0 Å². The van der Waals surface area contributed by atoms with E-state index in [2.05, 4.69) is 34.5 Å². The van der Waals surface area contributed by atoms with Crippen molar-refractivity contribution in [1.29, 1.82) is 0 Å². The predicted octanol–water partition coefficient (Wildman–Crippen LogP) is 4.06. The van der Waals surface area contributed by atoms with Gasteiger partial charge in [-0.15, -0.1) is 10.2 Å². The van der Waals surface area contributed by atoms with Crippen LogP contribution in [-0.4, -0.2) is 10.2 Å². The molecule has 17 heavy (non-hydrogen) atoms. The zero-order valence-corrected chi connectivity index (χ0v) is 10.2. The zero-order chi connectivity index (χ0) is 11.7. The Balaban J connectivity index is 1.94. The fourth-order valence-corrected chi connectivity index (χ4v) is 2.26. The van der Waals surface area contributed by atoms with Crippen LogP contribution in [0.15, 0.2) is 36.4 Å². The lowest BCUT2D eigenvalue weighted by atomic mass is 9.79. The Morgan fingerprint density at radius 2 is 1.94 bits per heavy atom. The Morgan fingerprint density at radius 1 is 1.06 bits per heavy atom. The van der Waals surface area contributed by atoms with Crippen LogP contribution in [0.25, 0.3) is 11.3 Å². The fraction of sp³-hybridized carbons (Fsp3) is 0.286. The molecule has 1 heterocycles. The molecule has 86 valence electrons. The number of aromatic nitrogens is 2. The summed E-state index contributed by atoms with van der Waals surface area (Å²) in [5, 5.41) is 8.42. The third-order valence-corrected chi connectivity index (χ3v) is 3.59. The zero-order valence-electron chi connectivity index (χ0n) is 9.44. The molecule has 0 amide bonds. The van der Waals surface area contributed by atoms with Gasteiger partial charge in [0.1, 0.15) is 0 Å². The minimum Gasteiger partial charge on any atom is -0.149 e. The number of rotatable bonds is 2. The molecule has 0 spiro atoms. The average Bonchev–Trinajstić information content (AvgIpc) is 2.28. The summed E-state index contributed by atoms with van der Waals surface area (Å²) in [4.78, 5) is 0. The fourth-order valence-electron chi connectivity index (χ4n) is 2.16. The molecule has 1 saturated carbocycles. The van der Waals surface area contributed by atoms with E-state index in [-0.39, 0.29) is 0 Å². The Hall–Kier alpha value is -1.41. The molecule has 3 heteroatoms. The van der Waals surface area contributed by atoms with Gasteiger partial charge < -0.3 is 0 Å². The summed E-state index contributed by atoms with van der Waals surface area (Å²) in [5.41, 5.74) is 3.43. The molecule has 1 aromatic heterocycles. The molecule has 0 bridgehead atoms. The van der Waals surface area contributed by atoms with E-state index in [9.17, 15) is 0 Å². The van der Waals surface area contributed by atoms with E-state index >= 15 is 0 Å². The highest BCUT2D eigenvalue weighted by molar-refractivity contribution is 6.29. The van der Waals surface area contributed by atoms with E-state index in [0.717, 1.165) is 17.2 Å². The largest absolute Gasteiger partial charge is 0.151 e. The maximum Gasteiger partial charge on any atom is 0.151 e. The number of halogens is 1. The van der Waals surface area contributed by atoms with Gasteiger partial charge in [0.05, 0.1) is 5.69 Å². The van der Waals surface area contributed by atoms with Crippen molar-refractivity contribution in [2.24, 2.45) is 0 Å². The summed E-state index contributed by atoms with van der Waals surface area (Å²) < 4.78 is 0. The molecule has 0 saturated heterocycles. The lowest BCUT2D eigenvalue weighted by Gasteiger charge is -2.26. The van der Waals surface area contributed by atoms with Gasteiger partial charge in [0.15, 0.2) is 5.15 Å². The molecule has 1 aliphatic rings. The quantitative estimate of drug-likeness (QED) is 0.796. The number of hydrogen-bond donors (Lipinski definition) is 0. The maximum absolute atomic E-state index is 5.74. The monoisotopic (exact) mass is 244 g/mol. The molecule has 2 nitrogen and oxygen atoms in total. The highest BCUT2D eigenvalue weighted by atomic mass is 35.5. The Kier molecular flexibility index (Phi) is 2.81. The molecule has 1 aromatic carbocycles. The summed E-state index contributed by atoms with van der Waals surface area (Å²) in [6.07, 6.45) is 3.99. The molecule has 0 atom stereocenters. The van der Waals surface area contributed by atoms with E-state index in [1.165, 1.54) is 24.8 Å². The first-order valence-corrected chi connectivity index (χ1v) is 6.30. The summed E-state index contributed by atoms with van der Waals surface area (Å²) >= 11 is 5.74. The number of nitrogens with zero attached hydrogens (tertiary/aromatic N) is 2. The molecule has 1 aliphatic carbocycles. The van der Waals surface area contributed by atoms with E-state index < -0.39 is 0 Å². The van der Waals surface area contributed by atoms with Gasteiger partial charge in [-0.25, -0.2) is 0 Å². The molecular weight excluding hydrogens is 232 g/mol. The van der Waals surface area contributed by atoms with Crippen molar-refractivity contribution in [3.05, 3.63) is 47.1 Å². The smallest absolute Gasteiger partial charge is 0.149 e. The van der Waals surface area contributed by atoms with Crippen molar-refractivity contribution < 1.29 is 0 Å². The van der Waals surface area contributed by atoms with E-state index in [0.29, 0.717) is 5.15 Å². The Bertz CT molecular complexity index is 518. The highest BCUT2D eigenvalue weighted by Gasteiger charge is 2.19. The van der Waals surface area contributed by atoms with Gasteiger partial charge in [-0.3, -0.25) is 0 Å². The van der Waals surface area contributed by atoms with Gasteiger partial charge in [-0.05, 0) is 42.5 Å². The van der Waals surface area contributed by atoms with Crippen LogP contribution in [0.1, 0.15) is 30.7 Å². The lowest BCUT2D eigenvalue weighted by molar-refractivity contribution is 0.420. The first kappa shape index (κ1) is 10.7. The molecule has 0 unspecified atom stereocenters. The van der Waals surface area contributed by atoms with Crippen LogP contribution >= 0.6 is 11.6 Å². The summed E-state index contributed by atoms with van der Waals surface area (Å²) in [5.74, 6) is 0.746. The second kappa shape index (κ2) is 4.46. The molecular formula is C14H13ClN2. The third kappa shape index (κ3) is 2.18. The summed E-state index contributed by atoms with van der Waals surface area (Å²) in [6.45, 7) is 0. The second-order valence-electron chi connectivity index (χ2n) is 4.49. The molecule has 3 rings (SSSR count). The molecule has 0 N–H and O–H groups in total. The minimum atomic E-state index is 0.434. The number of hydrogen-bond acceptors (Lipinski definition) is 2. The normalized spacial score (nSPS) is 15.6. The van der Waals surface area contributed by atoms with E-state index in [1.54, 1.807) is 6.07 Å².